The van der Waals surface area contributed by atoms with Crippen molar-refractivity contribution in [3.63, 3.8) is 0 Å². The number of fused-ring (bicyclic) bond motifs is 1. The fourth-order valence-electron chi connectivity index (χ4n) is 3.67. The van der Waals surface area contributed by atoms with Crippen LogP contribution < -0.4 is 4.90 Å². The molecule has 7 heteroatoms. The van der Waals surface area contributed by atoms with Crippen molar-refractivity contribution in [1.82, 2.24) is 15.1 Å². The number of piperidine rings is 1. The zero-order chi connectivity index (χ0) is 17.7. The zero-order valence-electron chi connectivity index (χ0n) is 14.2. The first-order valence-corrected chi connectivity index (χ1v) is 9.39. The molecule has 1 aromatic carbocycles. The van der Waals surface area contributed by atoms with E-state index in [4.69, 9.17) is 16.1 Å². The SMILES string of the molecule is Fc1c(N2CCC(c3noc(C4CC4)n3)CC2)ccc2c(Cl)ccnc12. The molecular weight excluding hydrogens is 355 g/mol. The van der Waals surface area contributed by atoms with E-state index in [0.29, 0.717) is 27.5 Å². The lowest BCUT2D eigenvalue weighted by Gasteiger charge is -2.32. The van der Waals surface area contributed by atoms with Gasteiger partial charge in [-0.05, 0) is 43.9 Å². The van der Waals surface area contributed by atoms with Gasteiger partial charge in [0.2, 0.25) is 5.89 Å². The molecule has 5 nitrogen and oxygen atoms in total. The third-order valence-electron chi connectivity index (χ3n) is 5.36. The second-order valence-corrected chi connectivity index (χ2v) is 7.52. The summed E-state index contributed by atoms with van der Waals surface area (Å²) in [5, 5.41) is 5.32. The van der Waals surface area contributed by atoms with Crippen molar-refractivity contribution in [2.24, 2.45) is 0 Å². The number of hydrogen-bond acceptors (Lipinski definition) is 5. The molecule has 1 aliphatic carbocycles. The predicted octanol–water partition coefficient (Wildman–Crippen LogP) is 4.67. The van der Waals surface area contributed by atoms with Crippen molar-refractivity contribution in [3.05, 3.63) is 47.0 Å². The van der Waals surface area contributed by atoms with Gasteiger partial charge in [-0.2, -0.15) is 4.98 Å². The van der Waals surface area contributed by atoms with Crippen molar-refractivity contribution in [2.45, 2.75) is 37.5 Å². The number of hydrogen-bond donors (Lipinski definition) is 0. The van der Waals surface area contributed by atoms with Crippen LogP contribution in [0.1, 0.15) is 49.2 Å². The maximum absolute atomic E-state index is 15.0. The number of anilines is 1. The Hall–Kier alpha value is -2.21. The minimum atomic E-state index is -0.306. The molecule has 1 aliphatic heterocycles. The van der Waals surface area contributed by atoms with Crippen LogP contribution in [0.2, 0.25) is 5.02 Å². The summed E-state index contributed by atoms with van der Waals surface area (Å²) in [7, 11) is 0. The first-order valence-electron chi connectivity index (χ1n) is 9.02. The highest BCUT2D eigenvalue weighted by Gasteiger charge is 2.32. The van der Waals surface area contributed by atoms with E-state index in [-0.39, 0.29) is 11.7 Å². The van der Waals surface area contributed by atoms with Gasteiger partial charge >= 0.3 is 0 Å². The summed E-state index contributed by atoms with van der Waals surface area (Å²) >= 11 is 6.14. The van der Waals surface area contributed by atoms with Gasteiger partial charge in [0.1, 0.15) is 5.52 Å². The molecule has 1 saturated heterocycles. The third kappa shape index (κ3) is 2.72. The Morgan fingerprint density at radius 2 is 1.88 bits per heavy atom. The second kappa shape index (κ2) is 6.20. The van der Waals surface area contributed by atoms with Gasteiger partial charge in [-0.3, -0.25) is 4.98 Å². The molecule has 3 aromatic rings. The summed E-state index contributed by atoms with van der Waals surface area (Å²) in [6, 6.07) is 5.32. The largest absolute Gasteiger partial charge is 0.369 e. The van der Waals surface area contributed by atoms with Gasteiger partial charge in [0, 0.05) is 36.5 Å². The van der Waals surface area contributed by atoms with E-state index >= 15 is 0 Å². The lowest BCUT2D eigenvalue weighted by Crippen LogP contribution is -2.33. The minimum Gasteiger partial charge on any atom is -0.369 e. The monoisotopic (exact) mass is 372 g/mol. The van der Waals surface area contributed by atoms with Gasteiger partial charge < -0.3 is 9.42 Å². The highest BCUT2D eigenvalue weighted by Crippen LogP contribution is 2.40. The molecule has 2 fully saturated rings. The van der Waals surface area contributed by atoms with Gasteiger partial charge in [0.15, 0.2) is 11.6 Å². The lowest BCUT2D eigenvalue weighted by atomic mass is 9.95. The molecule has 5 rings (SSSR count). The van der Waals surface area contributed by atoms with Gasteiger partial charge in [0.05, 0.1) is 10.7 Å². The van der Waals surface area contributed by atoms with Crippen LogP contribution in [0.3, 0.4) is 0 Å². The Bertz CT molecular complexity index is 963. The van der Waals surface area contributed by atoms with Crippen LogP contribution in [-0.2, 0) is 0 Å². The molecule has 0 N–H and O–H groups in total. The molecule has 1 saturated carbocycles. The number of pyridine rings is 1. The van der Waals surface area contributed by atoms with Crippen LogP contribution in [0.15, 0.2) is 28.9 Å². The molecule has 0 unspecified atom stereocenters. The smallest absolute Gasteiger partial charge is 0.229 e. The van der Waals surface area contributed by atoms with Crippen molar-refractivity contribution in [2.75, 3.05) is 18.0 Å². The van der Waals surface area contributed by atoms with Crippen molar-refractivity contribution in [1.29, 1.82) is 0 Å². The number of rotatable bonds is 3. The highest BCUT2D eigenvalue weighted by atomic mass is 35.5. The Morgan fingerprint density at radius 3 is 2.65 bits per heavy atom. The molecule has 3 heterocycles. The molecule has 134 valence electrons. The minimum absolute atomic E-state index is 0.276. The van der Waals surface area contributed by atoms with Gasteiger partial charge in [-0.25, -0.2) is 4.39 Å². The van der Waals surface area contributed by atoms with Crippen LogP contribution in [0, 0.1) is 5.82 Å². The van der Waals surface area contributed by atoms with E-state index in [9.17, 15) is 4.39 Å². The molecular formula is C19H18ClFN4O. The van der Waals surface area contributed by atoms with Gasteiger partial charge in [0.25, 0.3) is 0 Å². The Balaban J connectivity index is 1.34. The summed E-state index contributed by atoms with van der Waals surface area (Å²) in [4.78, 5) is 10.8. The predicted molar refractivity (Wildman–Crippen MR) is 97.2 cm³/mol. The van der Waals surface area contributed by atoms with E-state index < -0.39 is 0 Å². The van der Waals surface area contributed by atoms with Gasteiger partial charge in [-0.15, -0.1) is 0 Å². The Kier molecular flexibility index (Phi) is 3.81. The maximum atomic E-state index is 15.0. The first kappa shape index (κ1) is 16.0. The van der Waals surface area contributed by atoms with Crippen LogP contribution in [-0.4, -0.2) is 28.2 Å². The first-order chi connectivity index (χ1) is 12.7. The lowest BCUT2D eigenvalue weighted by molar-refractivity contribution is 0.364. The molecule has 2 aromatic heterocycles. The molecule has 0 amide bonds. The van der Waals surface area contributed by atoms with E-state index in [1.54, 1.807) is 12.1 Å². The normalized spacial score (nSPS) is 18.6. The number of halogens is 2. The van der Waals surface area contributed by atoms with E-state index in [1.165, 1.54) is 6.20 Å². The molecule has 0 atom stereocenters. The van der Waals surface area contributed by atoms with Crippen molar-refractivity contribution in [3.8, 4) is 0 Å². The van der Waals surface area contributed by atoms with E-state index in [0.717, 1.165) is 50.5 Å². The molecule has 0 spiro atoms. The molecule has 0 bridgehead atoms. The van der Waals surface area contributed by atoms with Crippen LogP contribution in [0.25, 0.3) is 10.9 Å². The van der Waals surface area contributed by atoms with Crippen molar-refractivity contribution < 1.29 is 8.91 Å². The van der Waals surface area contributed by atoms with Crippen LogP contribution >= 0.6 is 11.6 Å². The number of benzene rings is 1. The topological polar surface area (TPSA) is 55.1 Å². The number of aromatic nitrogens is 3. The summed E-state index contributed by atoms with van der Waals surface area (Å²) in [6.45, 7) is 1.50. The van der Waals surface area contributed by atoms with Crippen LogP contribution in [0.5, 0.6) is 0 Å². The van der Waals surface area contributed by atoms with Crippen LogP contribution in [0.4, 0.5) is 10.1 Å². The maximum Gasteiger partial charge on any atom is 0.229 e. The molecule has 26 heavy (non-hydrogen) atoms. The number of nitrogens with zero attached hydrogens (tertiary/aromatic N) is 4. The second-order valence-electron chi connectivity index (χ2n) is 7.11. The van der Waals surface area contributed by atoms with Crippen molar-refractivity contribution >= 4 is 28.2 Å². The third-order valence-corrected chi connectivity index (χ3v) is 5.69. The Morgan fingerprint density at radius 1 is 1.08 bits per heavy atom. The highest BCUT2D eigenvalue weighted by molar-refractivity contribution is 6.35. The molecule has 2 aliphatic rings. The zero-order valence-corrected chi connectivity index (χ0v) is 14.9. The fourth-order valence-corrected chi connectivity index (χ4v) is 3.88. The van der Waals surface area contributed by atoms with Gasteiger partial charge in [-0.1, -0.05) is 16.8 Å². The quantitative estimate of drug-likeness (QED) is 0.668. The standard InChI is InChI=1S/C19H18ClFN4O/c20-14-5-8-22-17-13(14)3-4-15(16(17)21)25-9-6-11(7-10-25)18-23-19(26-24-18)12-1-2-12/h3-5,8,11-12H,1-2,6-7,9-10H2. The van der Waals surface area contributed by atoms with E-state index in [1.807, 2.05) is 6.07 Å². The fraction of sp³-hybridized carbons (Fsp3) is 0.421. The summed E-state index contributed by atoms with van der Waals surface area (Å²) in [6.07, 6.45) is 5.60. The summed E-state index contributed by atoms with van der Waals surface area (Å²) in [5.41, 5.74) is 0.905. The average molecular weight is 373 g/mol. The van der Waals surface area contributed by atoms with E-state index in [2.05, 4.69) is 20.0 Å². The average Bonchev–Trinajstić information content (AvgIpc) is 3.40. The summed E-state index contributed by atoms with van der Waals surface area (Å²) < 4.78 is 20.3. The Labute approximate surface area is 155 Å². The summed E-state index contributed by atoms with van der Waals surface area (Å²) in [5.74, 6) is 2.03. The molecule has 0 radical (unpaired) electrons.